The minimum atomic E-state index is -0.798. The first-order valence-corrected chi connectivity index (χ1v) is 8.75. The van der Waals surface area contributed by atoms with E-state index >= 15 is 0 Å². The summed E-state index contributed by atoms with van der Waals surface area (Å²) in [5.74, 6) is 0.831. The van der Waals surface area contributed by atoms with Gasteiger partial charge in [-0.1, -0.05) is 60.7 Å². The number of ether oxygens (including phenoxy) is 1. The lowest BCUT2D eigenvalue weighted by molar-refractivity contribution is -0.146. The molecule has 0 saturated carbocycles. The molecule has 4 heteroatoms. The van der Waals surface area contributed by atoms with Gasteiger partial charge < -0.3 is 4.74 Å². The number of para-hydroxylation sites is 1. The van der Waals surface area contributed by atoms with E-state index in [1.807, 2.05) is 54.6 Å². The number of rotatable bonds is 1. The Balaban J connectivity index is 1.72. The molecular formula is C22H18N2O2. The summed E-state index contributed by atoms with van der Waals surface area (Å²) in [5.41, 5.74) is 1.24. The number of nitriles is 1. The third-order valence-electron chi connectivity index (χ3n) is 5.59. The fraction of sp³-hybridized carbons (Fsp3) is 0.227. The Labute approximate surface area is 152 Å². The molecule has 0 N–H and O–H groups in total. The number of nitrogens with zero attached hydrogens (tertiary/aromatic N) is 2. The van der Waals surface area contributed by atoms with Gasteiger partial charge in [-0.2, -0.15) is 10.3 Å². The molecule has 0 spiro atoms. The minimum absolute atomic E-state index is 0.165. The lowest BCUT2D eigenvalue weighted by atomic mass is 9.71. The monoisotopic (exact) mass is 342 g/mol. The van der Waals surface area contributed by atoms with Crippen molar-refractivity contribution >= 4 is 10.8 Å². The first-order valence-electron chi connectivity index (χ1n) is 8.75. The summed E-state index contributed by atoms with van der Waals surface area (Å²) < 4.78 is 6.01. The van der Waals surface area contributed by atoms with Crippen LogP contribution in [0.1, 0.15) is 23.3 Å². The van der Waals surface area contributed by atoms with Crippen LogP contribution in [-0.4, -0.2) is 18.7 Å². The summed E-state index contributed by atoms with van der Waals surface area (Å²) >= 11 is 0. The Bertz CT molecular complexity index is 1040. The van der Waals surface area contributed by atoms with E-state index in [0.717, 1.165) is 27.6 Å². The summed E-state index contributed by atoms with van der Waals surface area (Å²) in [5, 5.41) is 14.3. The second-order valence-corrected chi connectivity index (χ2v) is 6.98. The molecule has 0 unspecified atom stereocenters. The van der Waals surface area contributed by atoms with Gasteiger partial charge in [-0.3, -0.25) is 4.84 Å². The summed E-state index contributed by atoms with van der Waals surface area (Å²) in [7, 11) is 1.91. The number of hydroxylamine groups is 2. The van der Waals surface area contributed by atoms with Crippen molar-refractivity contribution in [1.82, 2.24) is 5.06 Å². The first kappa shape index (κ1) is 15.4. The average Bonchev–Trinajstić information content (AvgIpc) is 3.01. The van der Waals surface area contributed by atoms with Crippen LogP contribution in [0, 0.1) is 16.7 Å². The van der Waals surface area contributed by atoms with Gasteiger partial charge in [0.2, 0.25) is 0 Å². The molecule has 128 valence electrons. The number of hydrogen-bond acceptors (Lipinski definition) is 4. The second-order valence-electron chi connectivity index (χ2n) is 6.98. The quantitative estimate of drug-likeness (QED) is 0.657. The van der Waals surface area contributed by atoms with E-state index in [1.54, 1.807) is 0 Å². The van der Waals surface area contributed by atoms with Gasteiger partial charge in [0.05, 0.1) is 12.1 Å². The van der Waals surface area contributed by atoms with Gasteiger partial charge in [0, 0.05) is 12.6 Å². The number of benzene rings is 3. The van der Waals surface area contributed by atoms with E-state index in [1.165, 1.54) is 0 Å². The van der Waals surface area contributed by atoms with Gasteiger partial charge in [0.15, 0.2) is 0 Å². The molecule has 0 amide bonds. The third kappa shape index (κ3) is 1.96. The predicted molar refractivity (Wildman–Crippen MR) is 98.3 cm³/mol. The Morgan fingerprint density at radius 3 is 2.62 bits per heavy atom. The van der Waals surface area contributed by atoms with Crippen molar-refractivity contribution in [3.63, 3.8) is 0 Å². The van der Waals surface area contributed by atoms with Gasteiger partial charge in [0.1, 0.15) is 23.9 Å². The van der Waals surface area contributed by atoms with E-state index in [4.69, 9.17) is 9.57 Å². The Hall–Kier alpha value is -2.87. The molecule has 1 saturated heterocycles. The molecule has 0 radical (unpaired) electrons. The fourth-order valence-corrected chi connectivity index (χ4v) is 4.42. The van der Waals surface area contributed by atoms with Gasteiger partial charge in [-0.15, -0.1) is 0 Å². The number of fused-ring (bicyclic) bond motifs is 4. The Morgan fingerprint density at radius 2 is 1.73 bits per heavy atom. The lowest BCUT2D eigenvalue weighted by Crippen LogP contribution is -2.40. The summed E-state index contributed by atoms with van der Waals surface area (Å²) in [6.07, 6.45) is -0.387. The highest BCUT2D eigenvalue weighted by atomic mass is 16.7. The zero-order valence-corrected chi connectivity index (χ0v) is 14.4. The lowest BCUT2D eigenvalue weighted by Gasteiger charge is -2.37. The zero-order chi connectivity index (χ0) is 17.7. The van der Waals surface area contributed by atoms with E-state index in [2.05, 4.69) is 30.3 Å². The second kappa shape index (κ2) is 5.57. The normalized spacial score (nSPS) is 27.4. The maximum atomic E-state index is 10.3. The topological polar surface area (TPSA) is 45.5 Å². The highest BCUT2D eigenvalue weighted by Gasteiger charge is 2.60. The molecule has 26 heavy (non-hydrogen) atoms. The summed E-state index contributed by atoms with van der Waals surface area (Å²) in [4.78, 5) is 6.28. The zero-order valence-electron chi connectivity index (χ0n) is 14.4. The molecule has 4 nitrogen and oxygen atoms in total. The van der Waals surface area contributed by atoms with Crippen LogP contribution in [0.4, 0.5) is 0 Å². The molecule has 0 aromatic heterocycles. The van der Waals surface area contributed by atoms with Gasteiger partial charge in [0.25, 0.3) is 0 Å². The predicted octanol–water partition coefficient (Wildman–Crippen LogP) is 4.40. The van der Waals surface area contributed by atoms with Crippen molar-refractivity contribution in [2.75, 3.05) is 13.7 Å². The van der Waals surface area contributed by atoms with Gasteiger partial charge >= 0.3 is 0 Å². The molecule has 2 heterocycles. The first-order chi connectivity index (χ1) is 12.7. The Kier molecular flexibility index (Phi) is 3.30. The molecule has 2 aliphatic rings. The SMILES string of the molecule is CN1O[C@@H](c2cccc3ccccc23)[C@@]2(C#N)COc3ccccc3[C@@H]12. The molecule has 3 atom stereocenters. The van der Waals surface area contributed by atoms with Crippen LogP contribution >= 0.6 is 0 Å². The summed E-state index contributed by atoms with van der Waals surface area (Å²) in [6.45, 7) is 0.309. The van der Waals surface area contributed by atoms with Crippen LogP contribution in [0.2, 0.25) is 0 Å². The fourth-order valence-electron chi connectivity index (χ4n) is 4.42. The molecular weight excluding hydrogens is 324 g/mol. The van der Waals surface area contributed by atoms with Crippen LogP contribution in [0.3, 0.4) is 0 Å². The van der Waals surface area contributed by atoms with Crippen molar-refractivity contribution in [1.29, 1.82) is 5.26 Å². The van der Waals surface area contributed by atoms with Crippen molar-refractivity contribution in [3.05, 3.63) is 77.9 Å². The third-order valence-corrected chi connectivity index (χ3v) is 5.59. The highest BCUT2D eigenvalue weighted by Crippen LogP contribution is 2.59. The average molecular weight is 342 g/mol. The van der Waals surface area contributed by atoms with Crippen molar-refractivity contribution < 1.29 is 9.57 Å². The maximum Gasteiger partial charge on any atom is 0.145 e. The van der Waals surface area contributed by atoms with Crippen LogP contribution < -0.4 is 4.74 Å². The van der Waals surface area contributed by atoms with Crippen LogP contribution in [-0.2, 0) is 4.84 Å². The molecule has 2 aliphatic heterocycles. The van der Waals surface area contributed by atoms with Gasteiger partial charge in [-0.05, 0) is 22.4 Å². The van der Waals surface area contributed by atoms with Crippen LogP contribution in [0.25, 0.3) is 10.8 Å². The van der Waals surface area contributed by atoms with E-state index in [9.17, 15) is 5.26 Å². The number of hydrogen-bond donors (Lipinski definition) is 0. The van der Waals surface area contributed by atoms with Crippen LogP contribution in [0.15, 0.2) is 66.7 Å². The molecule has 3 aromatic carbocycles. The molecule has 3 aromatic rings. The van der Waals surface area contributed by atoms with E-state index in [0.29, 0.717) is 6.61 Å². The maximum absolute atomic E-state index is 10.3. The van der Waals surface area contributed by atoms with Gasteiger partial charge in [-0.25, -0.2) is 0 Å². The minimum Gasteiger partial charge on any atom is -0.491 e. The van der Waals surface area contributed by atoms with Crippen molar-refractivity contribution in [2.45, 2.75) is 12.1 Å². The molecule has 0 bridgehead atoms. The molecule has 1 fully saturated rings. The molecule has 0 aliphatic carbocycles. The smallest absolute Gasteiger partial charge is 0.145 e. The summed E-state index contributed by atoms with van der Waals surface area (Å²) in [6, 6.07) is 24.7. The Morgan fingerprint density at radius 1 is 1.00 bits per heavy atom. The molecule has 5 rings (SSSR count). The van der Waals surface area contributed by atoms with Crippen LogP contribution in [0.5, 0.6) is 5.75 Å². The van der Waals surface area contributed by atoms with E-state index in [-0.39, 0.29) is 12.1 Å². The highest BCUT2D eigenvalue weighted by molar-refractivity contribution is 5.86. The standard InChI is InChI=1S/C22H18N2O2/c1-24-20-18-10-4-5-12-19(18)25-14-22(20,13-23)21(26-24)17-11-6-8-15-7-2-3-9-16(15)17/h2-12,20-21H,14H2,1H3/t20-,21+,22+/m1/s1. The van der Waals surface area contributed by atoms with E-state index < -0.39 is 5.41 Å². The largest absolute Gasteiger partial charge is 0.491 e. The van der Waals surface area contributed by atoms with Crippen molar-refractivity contribution in [3.8, 4) is 11.8 Å². The van der Waals surface area contributed by atoms with Crippen molar-refractivity contribution in [2.24, 2.45) is 5.41 Å².